The number of thiocarbonyl (C=S) groups is 1. The van der Waals surface area contributed by atoms with Gasteiger partial charge < -0.3 is 15.1 Å². The average Bonchev–Trinajstić information content (AvgIpc) is 3.07. The van der Waals surface area contributed by atoms with Crippen LogP contribution in [0, 0.1) is 0 Å². The van der Waals surface area contributed by atoms with Gasteiger partial charge in [-0.15, -0.1) is 11.3 Å². The van der Waals surface area contributed by atoms with Crippen LogP contribution in [0.15, 0.2) is 41.8 Å². The number of nitrogens with one attached hydrogen (secondary N) is 2. The predicted molar refractivity (Wildman–Crippen MR) is 109 cm³/mol. The quantitative estimate of drug-likeness (QED) is 0.704. The smallest absolute Gasteiger partial charge is 0.173 e. The van der Waals surface area contributed by atoms with E-state index in [0.717, 1.165) is 43.3 Å². The van der Waals surface area contributed by atoms with Gasteiger partial charge in [-0.2, -0.15) is 0 Å². The van der Waals surface area contributed by atoms with Gasteiger partial charge in [-0.25, -0.2) is 0 Å². The van der Waals surface area contributed by atoms with E-state index in [0.29, 0.717) is 0 Å². The fourth-order valence-corrected chi connectivity index (χ4v) is 3.49. The minimum atomic E-state index is 0.807. The zero-order valence-corrected chi connectivity index (χ0v) is 16.5. The van der Waals surface area contributed by atoms with Crippen LogP contribution in [0.1, 0.15) is 23.8 Å². The molecule has 0 radical (unpaired) electrons. The Balaban J connectivity index is 1.98. The Morgan fingerprint density at radius 1 is 1.21 bits per heavy atom. The first-order valence-electron chi connectivity index (χ1n) is 8.54. The third-order valence-corrected chi connectivity index (χ3v) is 5.15. The van der Waals surface area contributed by atoms with Crippen molar-refractivity contribution in [2.75, 3.05) is 32.5 Å². The molecule has 0 spiro atoms. The third kappa shape index (κ3) is 6.23. The molecule has 2 aromatic rings. The van der Waals surface area contributed by atoms with Gasteiger partial charge in [0.1, 0.15) is 0 Å². The van der Waals surface area contributed by atoms with Gasteiger partial charge in [-0.1, -0.05) is 25.1 Å². The Labute approximate surface area is 155 Å². The van der Waals surface area contributed by atoms with E-state index in [1.807, 2.05) is 0 Å². The van der Waals surface area contributed by atoms with Crippen molar-refractivity contribution in [3.8, 4) is 0 Å². The van der Waals surface area contributed by atoms with Crippen LogP contribution >= 0.6 is 23.6 Å². The summed E-state index contributed by atoms with van der Waals surface area (Å²) < 4.78 is 0. The van der Waals surface area contributed by atoms with Gasteiger partial charge in [0.15, 0.2) is 5.11 Å². The summed E-state index contributed by atoms with van der Waals surface area (Å²) in [4.78, 5) is 5.09. The molecule has 130 valence electrons. The van der Waals surface area contributed by atoms with Crippen molar-refractivity contribution in [2.24, 2.45) is 0 Å². The van der Waals surface area contributed by atoms with Gasteiger partial charge in [0.25, 0.3) is 0 Å². The summed E-state index contributed by atoms with van der Waals surface area (Å²) in [5, 5.41) is 6.33. The molecule has 5 heteroatoms. The van der Waals surface area contributed by atoms with Crippen molar-refractivity contribution in [1.29, 1.82) is 0 Å². The molecule has 0 bridgehead atoms. The van der Waals surface area contributed by atoms with Crippen LogP contribution in [0.3, 0.4) is 0 Å². The highest BCUT2D eigenvalue weighted by molar-refractivity contribution is 7.80. The molecule has 0 saturated carbocycles. The molecule has 2 rings (SSSR count). The van der Waals surface area contributed by atoms with E-state index < -0.39 is 0 Å². The minimum Gasteiger partial charge on any atom is -0.344 e. The van der Waals surface area contributed by atoms with E-state index in [-0.39, 0.29) is 0 Å². The Morgan fingerprint density at radius 3 is 2.54 bits per heavy atom. The van der Waals surface area contributed by atoms with E-state index in [1.54, 1.807) is 11.3 Å². The molecule has 0 saturated heterocycles. The first-order chi connectivity index (χ1) is 11.6. The number of aryl methyl sites for hydroxylation is 1. The van der Waals surface area contributed by atoms with Gasteiger partial charge >= 0.3 is 0 Å². The standard InChI is InChI=1S/C19H27N3S2/c1-4-16-8-10-17(11-9-16)20-19(23)22(13-6-12-21(2)3)15-18-7-5-14-24-18/h5,7-11,14H,4,6,12-13,15H2,1-3H3,(H,20,23)/p+1. The summed E-state index contributed by atoms with van der Waals surface area (Å²) in [6.45, 7) is 5.17. The summed E-state index contributed by atoms with van der Waals surface area (Å²) in [5.41, 5.74) is 2.41. The summed E-state index contributed by atoms with van der Waals surface area (Å²) >= 11 is 7.47. The zero-order chi connectivity index (χ0) is 17.4. The van der Waals surface area contributed by atoms with E-state index in [9.17, 15) is 0 Å². The third-order valence-electron chi connectivity index (χ3n) is 3.93. The number of nitrogens with zero attached hydrogens (tertiary/aromatic N) is 1. The summed E-state index contributed by atoms with van der Waals surface area (Å²) in [6.07, 6.45) is 2.19. The molecule has 0 fully saturated rings. The second kappa shape index (κ2) is 9.77. The summed E-state index contributed by atoms with van der Waals surface area (Å²) in [6, 6.07) is 12.8. The van der Waals surface area contributed by atoms with Gasteiger partial charge in [-0.3, -0.25) is 0 Å². The SMILES string of the molecule is CCc1ccc(NC(=S)N(CCC[NH+](C)C)Cc2cccs2)cc1. The molecule has 1 aromatic carbocycles. The maximum Gasteiger partial charge on any atom is 0.173 e. The van der Waals surface area contributed by atoms with Gasteiger partial charge in [0, 0.05) is 23.5 Å². The van der Waals surface area contributed by atoms with Crippen molar-refractivity contribution in [3.63, 3.8) is 0 Å². The van der Waals surface area contributed by atoms with Crippen molar-refractivity contribution in [1.82, 2.24) is 4.90 Å². The summed E-state index contributed by atoms with van der Waals surface area (Å²) in [5.74, 6) is 0. The van der Waals surface area contributed by atoms with Crippen molar-refractivity contribution in [2.45, 2.75) is 26.3 Å². The molecule has 0 unspecified atom stereocenters. The largest absolute Gasteiger partial charge is 0.344 e. The molecular weight excluding hydrogens is 334 g/mol. The fraction of sp³-hybridized carbons (Fsp3) is 0.421. The lowest BCUT2D eigenvalue weighted by atomic mass is 10.1. The molecule has 24 heavy (non-hydrogen) atoms. The molecule has 0 aliphatic rings. The van der Waals surface area contributed by atoms with Crippen LogP contribution in [0.4, 0.5) is 5.69 Å². The van der Waals surface area contributed by atoms with E-state index in [4.69, 9.17) is 12.2 Å². The van der Waals surface area contributed by atoms with E-state index >= 15 is 0 Å². The van der Waals surface area contributed by atoms with E-state index in [2.05, 4.69) is 73.0 Å². The first kappa shape index (κ1) is 18.9. The van der Waals surface area contributed by atoms with E-state index in [1.165, 1.54) is 15.3 Å². The molecule has 0 atom stereocenters. The Hall–Kier alpha value is -1.43. The normalized spacial score (nSPS) is 10.8. The molecule has 2 N–H and O–H groups in total. The van der Waals surface area contributed by atoms with Crippen molar-refractivity contribution < 1.29 is 4.90 Å². The maximum atomic E-state index is 5.68. The highest BCUT2D eigenvalue weighted by atomic mass is 32.1. The van der Waals surface area contributed by atoms with Gasteiger partial charge in [-0.05, 0) is 47.8 Å². The summed E-state index contributed by atoms with van der Waals surface area (Å²) in [7, 11) is 4.38. The molecule has 3 nitrogen and oxygen atoms in total. The van der Waals surface area contributed by atoms with Gasteiger partial charge in [0.05, 0.1) is 27.2 Å². The number of hydrogen-bond acceptors (Lipinski definition) is 2. The lowest BCUT2D eigenvalue weighted by Gasteiger charge is -2.25. The Morgan fingerprint density at radius 2 is 1.96 bits per heavy atom. The lowest BCUT2D eigenvalue weighted by molar-refractivity contribution is -0.858. The Kier molecular flexibility index (Phi) is 7.69. The van der Waals surface area contributed by atoms with Crippen LogP contribution in [0.2, 0.25) is 0 Å². The molecule has 1 heterocycles. The number of thiophene rings is 1. The molecule has 0 aliphatic carbocycles. The average molecular weight is 363 g/mol. The molecule has 0 aliphatic heterocycles. The lowest BCUT2D eigenvalue weighted by Crippen LogP contribution is -3.05. The number of rotatable bonds is 8. The number of hydrogen-bond donors (Lipinski definition) is 2. The number of anilines is 1. The van der Waals surface area contributed by atoms with Crippen LogP contribution in [0.5, 0.6) is 0 Å². The highest BCUT2D eigenvalue weighted by Gasteiger charge is 2.12. The second-order valence-electron chi connectivity index (χ2n) is 6.29. The van der Waals surface area contributed by atoms with Crippen LogP contribution in [-0.4, -0.2) is 37.2 Å². The van der Waals surface area contributed by atoms with Crippen molar-refractivity contribution >= 4 is 34.4 Å². The number of benzene rings is 1. The Bertz CT molecular complexity index is 606. The predicted octanol–water partition coefficient (Wildman–Crippen LogP) is 3.04. The molecule has 0 amide bonds. The molecule has 1 aromatic heterocycles. The zero-order valence-electron chi connectivity index (χ0n) is 14.8. The minimum absolute atomic E-state index is 0.807. The topological polar surface area (TPSA) is 19.7 Å². The van der Waals surface area contributed by atoms with Crippen LogP contribution in [0.25, 0.3) is 0 Å². The van der Waals surface area contributed by atoms with Gasteiger partial charge in [0.2, 0.25) is 0 Å². The fourth-order valence-electron chi connectivity index (χ4n) is 2.49. The van der Waals surface area contributed by atoms with Crippen molar-refractivity contribution in [3.05, 3.63) is 52.2 Å². The number of quaternary nitrogens is 1. The molecular formula is C19H28N3S2+. The van der Waals surface area contributed by atoms with Crippen LogP contribution < -0.4 is 10.2 Å². The second-order valence-corrected chi connectivity index (χ2v) is 7.71. The first-order valence-corrected chi connectivity index (χ1v) is 9.83. The maximum absolute atomic E-state index is 5.68. The van der Waals surface area contributed by atoms with Crippen LogP contribution in [-0.2, 0) is 13.0 Å². The highest BCUT2D eigenvalue weighted by Crippen LogP contribution is 2.15. The monoisotopic (exact) mass is 362 g/mol.